The topological polar surface area (TPSA) is 17.8 Å². The van der Waals surface area contributed by atoms with Gasteiger partial charge in [0.15, 0.2) is 0 Å². The normalized spacial score (nSPS) is 12.6. The molecule has 0 bridgehead atoms. The number of hydrogen-bond acceptors (Lipinski definition) is 1. The third-order valence-corrected chi connectivity index (χ3v) is 5.88. The van der Waals surface area contributed by atoms with Crippen LogP contribution >= 0.6 is 0 Å². The maximum atomic E-state index is 4.60. The minimum absolute atomic E-state index is 0. The van der Waals surface area contributed by atoms with E-state index in [0.717, 1.165) is 6.42 Å². The van der Waals surface area contributed by atoms with E-state index in [1.165, 1.54) is 17.0 Å². The Morgan fingerprint density at radius 3 is 2.38 bits per heavy atom. The minimum Gasteiger partial charge on any atom is -1.00 e. The summed E-state index contributed by atoms with van der Waals surface area (Å²) in [5.41, 5.74) is 3.91. The molecule has 0 aliphatic heterocycles. The molecule has 0 atom stereocenters. The Hall–Kier alpha value is 0.153. The summed E-state index contributed by atoms with van der Waals surface area (Å²) in [5.74, 6) is 0. The van der Waals surface area contributed by atoms with Gasteiger partial charge in [0.2, 0.25) is 0 Å². The largest absolute Gasteiger partial charge is 1.00 e. The van der Waals surface area contributed by atoms with Crippen LogP contribution in [-0.4, -0.2) is 7.72 Å². The van der Waals surface area contributed by atoms with E-state index in [9.17, 15) is 0 Å². The monoisotopic (exact) mass is 334 g/mol. The predicted octanol–water partition coefficient (Wildman–Crippen LogP) is -3.49. The number of hydrogen-bond donors (Lipinski definition) is 0. The first-order valence-electron chi connectivity index (χ1n) is 4.84. The second-order valence-corrected chi connectivity index (χ2v) is 6.81. The summed E-state index contributed by atoms with van der Waals surface area (Å²) in [6, 6.07) is 0. The smallest absolute Gasteiger partial charge is 1.00 e. The zero-order chi connectivity index (χ0) is 10.1. The molecule has 0 spiro atoms. The Morgan fingerprint density at radius 2 is 1.94 bits per heavy atom. The molecule has 16 heavy (non-hydrogen) atoms. The van der Waals surface area contributed by atoms with Gasteiger partial charge in [0.05, 0.1) is 0 Å². The van der Waals surface area contributed by atoms with E-state index in [1.54, 1.807) is 3.28 Å². The van der Waals surface area contributed by atoms with Crippen LogP contribution in [0.5, 0.6) is 0 Å². The molecular weight excluding hydrogens is 322 g/mol. The quantitative estimate of drug-likeness (QED) is 0.548. The van der Waals surface area contributed by atoms with Crippen LogP contribution in [-0.2, 0) is 23.5 Å². The zero-order valence-corrected chi connectivity index (χ0v) is 13.6. The van der Waals surface area contributed by atoms with Crippen molar-refractivity contribution < 1.29 is 48.3 Å². The van der Waals surface area contributed by atoms with E-state index in [4.69, 9.17) is 0 Å². The maximum Gasteiger partial charge on any atom is -1.00 e. The van der Waals surface area contributed by atoms with Gasteiger partial charge in [0.1, 0.15) is 0 Å². The second kappa shape index (κ2) is 6.78. The van der Waals surface area contributed by atoms with Crippen molar-refractivity contribution in [2.75, 3.05) is 0 Å². The van der Waals surface area contributed by atoms with E-state index in [-0.39, 0.29) is 24.8 Å². The standard InChI is InChI=1S/C6H9N2.C5H5.2ClH.Zr/c1-4-5(2)7-8-6(4)3;1-2-4-5-3-1;;;/h1-3H3;1-3H,4H2;2*1H;/q-1;;;;+3/p-2. The average Bonchev–Trinajstić information content (AvgIpc) is 2.73. The van der Waals surface area contributed by atoms with Gasteiger partial charge in [0, 0.05) is 0 Å². The first kappa shape index (κ1) is 16.2. The van der Waals surface area contributed by atoms with Gasteiger partial charge < -0.3 is 24.8 Å². The van der Waals surface area contributed by atoms with Crippen molar-refractivity contribution in [3.05, 3.63) is 38.5 Å². The summed E-state index contributed by atoms with van der Waals surface area (Å²) in [4.78, 5) is 0. The van der Waals surface area contributed by atoms with Crippen LogP contribution in [0.25, 0.3) is 0 Å². The molecule has 2 rings (SSSR count). The first-order chi connectivity index (χ1) is 6.68. The fraction of sp³-hybridized carbons (Fsp3) is 0.364. The summed E-state index contributed by atoms with van der Waals surface area (Å²) in [6.07, 6.45) is 7.81. The molecule has 1 aromatic heterocycles. The van der Waals surface area contributed by atoms with Gasteiger partial charge in [-0.3, -0.25) is 0 Å². The van der Waals surface area contributed by atoms with E-state index in [0.29, 0.717) is 0 Å². The third-order valence-electron chi connectivity index (χ3n) is 2.67. The molecule has 2 nitrogen and oxygen atoms in total. The van der Waals surface area contributed by atoms with Crippen LogP contribution < -0.4 is 24.8 Å². The van der Waals surface area contributed by atoms with E-state index in [2.05, 4.69) is 46.7 Å². The van der Waals surface area contributed by atoms with Gasteiger partial charge in [0.25, 0.3) is 0 Å². The van der Waals surface area contributed by atoms with Crippen LogP contribution in [0.1, 0.15) is 23.4 Å². The van der Waals surface area contributed by atoms with E-state index in [1.807, 2.05) is 0 Å². The van der Waals surface area contributed by atoms with Crippen LogP contribution in [0.3, 0.4) is 0 Å². The molecule has 0 unspecified atom stereocenters. The number of rotatable bonds is 2. The van der Waals surface area contributed by atoms with E-state index >= 15 is 0 Å². The molecule has 1 aliphatic rings. The van der Waals surface area contributed by atoms with Crippen molar-refractivity contribution >= 4 is 0 Å². The zero-order valence-electron chi connectivity index (χ0n) is 9.59. The number of halogens is 2. The number of nitrogens with zero attached hydrogens (tertiary/aromatic N) is 2. The van der Waals surface area contributed by atoms with Crippen LogP contribution in [0.4, 0.5) is 0 Å². The van der Waals surface area contributed by atoms with Crippen molar-refractivity contribution in [1.29, 1.82) is 0 Å². The van der Waals surface area contributed by atoms with Gasteiger partial charge in [-0.05, 0) is 0 Å². The Balaban J connectivity index is 0.00000112. The van der Waals surface area contributed by atoms with Gasteiger partial charge in [-0.15, -0.1) is 0 Å². The van der Waals surface area contributed by atoms with Crippen LogP contribution in [0.15, 0.2) is 21.5 Å². The Kier molecular flexibility index (Phi) is 6.85. The fourth-order valence-corrected chi connectivity index (χ4v) is 4.41. The van der Waals surface area contributed by atoms with Gasteiger partial charge in [-0.2, -0.15) is 0 Å². The molecule has 0 fully saturated rings. The SMILES string of the molecule is Cc1n[n]([Zr+2][C]2=CC=CC2)c(C)c1C.[Cl-].[Cl-]. The summed E-state index contributed by atoms with van der Waals surface area (Å²) in [5, 5.41) is 4.60. The van der Waals surface area contributed by atoms with Crippen molar-refractivity contribution in [2.45, 2.75) is 27.2 Å². The number of allylic oxidation sites excluding steroid dienone is 4. The Bertz CT molecular complexity index is 422. The maximum absolute atomic E-state index is 4.60. The molecule has 1 aliphatic carbocycles. The Labute approximate surface area is 121 Å². The van der Waals surface area contributed by atoms with Crippen molar-refractivity contribution in [3.63, 3.8) is 0 Å². The molecule has 1 heterocycles. The summed E-state index contributed by atoms with van der Waals surface area (Å²) < 4.78 is 3.88. The van der Waals surface area contributed by atoms with Gasteiger partial charge in [-0.25, -0.2) is 0 Å². The molecule has 0 aromatic carbocycles. The fourth-order valence-electron chi connectivity index (χ4n) is 1.50. The molecule has 0 N–H and O–H groups in total. The molecule has 0 radical (unpaired) electrons. The summed E-state index contributed by atoms with van der Waals surface area (Å²) >= 11 is -0.651. The van der Waals surface area contributed by atoms with Crippen molar-refractivity contribution in [1.82, 2.24) is 7.72 Å². The Morgan fingerprint density at radius 1 is 1.25 bits per heavy atom. The minimum atomic E-state index is -0.651. The molecule has 86 valence electrons. The first-order valence-corrected chi connectivity index (χ1v) is 7.17. The van der Waals surface area contributed by atoms with Crippen molar-refractivity contribution in [2.24, 2.45) is 0 Å². The molecule has 5 heteroatoms. The molecule has 0 saturated heterocycles. The van der Waals surface area contributed by atoms with Gasteiger partial charge >= 0.3 is 96.9 Å². The number of aryl methyl sites for hydroxylation is 1. The second-order valence-electron chi connectivity index (χ2n) is 3.64. The summed E-state index contributed by atoms with van der Waals surface area (Å²) in [6.45, 7) is 6.44. The van der Waals surface area contributed by atoms with Gasteiger partial charge in [-0.1, -0.05) is 0 Å². The predicted molar refractivity (Wildman–Crippen MR) is 53.7 cm³/mol. The van der Waals surface area contributed by atoms with E-state index < -0.39 is 23.5 Å². The molecular formula is C11H14Cl2N2Zr. The van der Waals surface area contributed by atoms with Crippen molar-refractivity contribution in [3.8, 4) is 0 Å². The van der Waals surface area contributed by atoms with Crippen LogP contribution in [0.2, 0.25) is 0 Å². The molecule has 0 saturated carbocycles. The molecule has 0 amide bonds. The van der Waals surface area contributed by atoms with Crippen LogP contribution in [0, 0.1) is 20.8 Å². The molecule has 1 aromatic rings. The average molecular weight is 336 g/mol. The number of aromatic nitrogens is 2. The third kappa shape index (κ3) is 3.32. The summed E-state index contributed by atoms with van der Waals surface area (Å²) in [7, 11) is 0.